The fourth-order valence-corrected chi connectivity index (χ4v) is 2.91. The van der Waals surface area contributed by atoms with Crippen LogP contribution in [0.5, 0.6) is 0 Å². The van der Waals surface area contributed by atoms with Gasteiger partial charge in [-0.3, -0.25) is 9.63 Å². The number of carbonyl (C=O) groups is 2. The van der Waals surface area contributed by atoms with Gasteiger partial charge in [-0.25, -0.2) is 9.86 Å². The molecule has 3 rings (SSSR count). The lowest BCUT2D eigenvalue weighted by atomic mass is 10.1. The number of nitriles is 1. The molecule has 1 aromatic carbocycles. The van der Waals surface area contributed by atoms with Crippen LogP contribution in [-0.4, -0.2) is 47.6 Å². The van der Waals surface area contributed by atoms with Gasteiger partial charge in [0.05, 0.1) is 24.8 Å². The van der Waals surface area contributed by atoms with Crippen molar-refractivity contribution in [1.29, 1.82) is 5.26 Å². The second-order valence-corrected chi connectivity index (χ2v) is 6.00. The highest BCUT2D eigenvalue weighted by atomic mass is 16.7. The highest BCUT2D eigenvalue weighted by molar-refractivity contribution is 5.88. The van der Waals surface area contributed by atoms with Crippen molar-refractivity contribution in [3.05, 3.63) is 35.4 Å². The second-order valence-electron chi connectivity index (χ2n) is 6.00. The second kappa shape index (κ2) is 7.32. The standard InChI is InChI=1S/C17H20N4O3/c18-11-13-3-5-14(6-4-13)12-20-9-7-15(16(20)22)19-17(23)21-8-1-2-10-24-21/h3-6,15H,1-2,7-10,12H2,(H,19,23). The van der Waals surface area contributed by atoms with Crippen LogP contribution < -0.4 is 5.32 Å². The third kappa shape index (κ3) is 3.66. The minimum atomic E-state index is -0.499. The van der Waals surface area contributed by atoms with Crippen LogP contribution in [0.4, 0.5) is 4.79 Å². The molecule has 126 valence electrons. The van der Waals surface area contributed by atoms with E-state index in [0.29, 0.717) is 38.2 Å². The van der Waals surface area contributed by atoms with Crippen molar-refractivity contribution in [2.75, 3.05) is 19.7 Å². The number of amides is 3. The first-order valence-corrected chi connectivity index (χ1v) is 8.16. The molecule has 0 bridgehead atoms. The molecule has 24 heavy (non-hydrogen) atoms. The molecule has 0 spiro atoms. The van der Waals surface area contributed by atoms with Crippen LogP contribution >= 0.6 is 0 Å². The first-order valence-electron chi connectivity index (χ1n) is 8.16. The minimum Gasteiger partial charge on any atom is -0.336 e. The number of benzene rings is 1. The van der Waals surface area contributed by atoms with E-state index < -0.39 is 6.04 Å². The Balaban J connectivity index is 1.54. The van der Waals surface area contributed by atoms with Crippen LogP contribution in [-0.2, 0) is 16.2 Å². The van der Waals surface area contributed by atoms with Crippen molar-refractivity contribution in [3.63, 3.8) is 0 Å². The topological polar surface area (TPSA) is 85.7 Å². The van der Waals surface area contributed by atoms with E-state index in [0.717, 1.165) is 18.4 Å². The largest absolute Gasteiger partial charge is 0.341 e. The molecule has 2 fully saturated rings. The van der Waals surface area contributed by atoms with Crippen LogP contribution in [0.1, 0.15) is 30.4 Å². The molecule has 1 unspecified atom stereocenters. The minimum absolute atomic E-state index is 0.0790. The number of urea groups is 1. The monoisotopic (exact) mass is 328 g/mol. The van der Waals surface area contributed by atoms with E-state index in [1.807, 2.05) is 12.1 Å². The smallest absolute Gasteiger partial charge is 0.336 e. The summed E-state index contributed by atoms with van der Waals surface area (Å²) in [6.07, 6.45) is 2.45. The maximum Gasteiger partial charge on any atom is 0.341 e. The maximum absolute atomic E-state index is 12.5. The summed E-state index contributed by atoms with van der Waals surface area (Å²) in [5.74, 6) is -0.0790. The molecule has 1 atom stereocenters. The maximum atomic E-state index is 12.5. The highest BCUT2D eigenvalue weighted by Crippen LogP contribution is 2.16. The van der Waals surface area contributed by atoms with Gasteiger partial charge in [0, 0.05) is 13.1 Å². The number of rotatable bonds is 3. The van der Waals surface area contributed by atoms with Gasteiger partial charge in [-0.05, 0) is 37.0 Å². The van der Waals surface area contributed by atoms with Crippen molar-refractivity contribution >= 4 is 11.9 Å². The Morgan fingerprint density at radius 2 is 2.08 bits per heavy atom. The van der Waals surface area contributed by atoms with Gasteiger partial charge >= 0.3 is 6.03 Å². The molecule has 2 aliphatic rings. The number of likely N-dealkylation sites (tertiary alicyclic amines) is 1. The Kier molecular flexibility index (Phi) is 4.96. The van der Waals surface area contributed by atoms with Crippen molar-refractivity contribution in [3.8, 4) is 6.07 Å². The van der Waals surface area contributed by atoms with E-state index in [1.54, 1.807) is 17.0 Å². The van der Waals surface area contributed by atoms with Crippen LogP contribution in [0.25, 0.3) is 0 Å². The lowest BCUT2D eigenvalue weighted by Gasteiger charge is -2.27. The number of carbonyl (C=O) groups excluding carboxylic acids is 2. The highest BCUT2D eigenvalue weighted by Gasteiger charge is 2.34. The van der Waals surface area contributed by atoms with E-state index >= 15 is 0 Å². The summed E-state index contributed by atoms with van der Waals surface area (Å²) in [7, 11) is 0. The number of hydrogen-bond donors (Lipinski definition) is 1. The molecule has 0 saturated carbocycles. The van der Waals surface area contributed by atoms with Crippen LogP contribution in [0, 0.1) is 11.3 Å². The summed E-state index contributed by atoms with van der Waals surface area (Å²) >= 11 is 0. The summed E-state index contributed by atoms with van der Waals surface area (Å²) in [4.78, 5) is 31.6. The first kappa shape index (κ1) is 16.3. The average Bonchev–Trinajstić information content (AvgIpc) is 2.96. The summed E-state index contributed by atoms with van der Waals surface area (Å²) in [6.45, 7) is 2.18. The Morgan fingerprint density at radius 3 is 2.75 bits per heavy atom. The molecule has 0 radical (unpaired) electrons. The van der Waals surface area contributed by atoms with Gasteiger partial charge in [0.25, 0.3) is 0 Å². The molecular weight excluding hydrogens is 308 g/mol. The van der Waals surface area contributed by atoms with Gasteiger partial charge in [0.1, 0.15) is 6.04 Å². The zero-order valence-electron chi connectivity index (χ0n) is 13.4. The molecule has 1 aromatic rings. The zero-order valence-corrected chi connectivity index (χ0v) is 13.4. The summed E-state index contributed by atoms with van der Waals surface area (Å²) in [5, 5.41) is 12.9. The molecule has 0 aliphatic carbocycles. The Bertz CT molecular complexity index is 647. The lowest BCUT2D eigenvalue weighted by Crippen LogP contribution is -2.49. The normalized spacial score (nSPS) is 20.8. The van der Waals surface area contributed by atoms with Gasteiger partial charge in [-0.1, -0.05) is 12.1 Å². The number of nitrogens with one attached hydrogen (secondary N) is 1. The summed E-state index contributed by atoms with van der Waals surface area (Å²) in [5.41, 5.74) is 1.56. The van der Waals surface area contributed by atoms with E-state index in [9.17, 15) is 9.59 Å². The summed E-state index contributed by atoms with van der Waals surface area (Å²) < 4.78 is 0. The number of nitrogens with zero attached hydrogens (tertiary/aromatic N) is 3. The predicted molar refractivity (Wildman–Crippen MR) is 85.4 cm³/mol. The molecule has 2 heterocycles. The van der Waals surface area contributed by atoms with Gasteiger partial charge in [-0.2, -0.15) is 5.26 Å². The van der Waals surface area contributed by atoms with Crippen LogP contribution in [0.3, 0.4) is 0 Å². The first-order chi connectivity index (χ1) is 11.7. The van der Waals surface area contributed by atoms with Crippen LogP contribution in [0.15, 0.2) is 24.3 Å². The molecule has 2 aliphatic heterocycles. The zero-order chi connectivity index (χ0) is 16.9. The fourth-order valence-electron chi connectivity index (χ4n) is 2.91. The molecule has 7 heteroatoms. The molecular formula is C17H20N4O3. The van der Waals surface area contributed by atoms with Gasteiger partial charge < -0.3 is 10.2 Å². The van der Waals surface area contributed by atoms with Crippen molar-refractivity contribution < 1.29 is 14.4 Å². The SMILES string of the molecule is N#Cc1ccc(CN2CCC(NC(=O)N3CCCCO3)C2=O)cc1. The van der Waals surface area contributed by atoms with E-state index in [-0.39, 0.29) is 11.9 Å². The third-order valence-electron chi connectivity index (χ3n) is 4.28. The van der Waals surface area contributed by atoms with Crippen molar-refractivity contribution in [2.24, 2.45) is 0 Å². The van der Waals surface area contributed by atoms with Crippen LogP contribution in [0.2, 0.25) is 0 Å². The molecule has 3 amide bonds. The molecule has 1 N–H and O–H groups in total. The summed E-state index contributed by atoms with van der Waals surface area (Å²) in [6, 6.07) is 8.40. The molecule has 7 nitrogen and oxygen atoms in total. The quantitative estimate of drug-likeness (QED) is 0.909. The van der Waals surface area contributed by atoms with Gasteiger partial charge in [-0.15, -0.1) is 0 Å². The number of hydrogen-bond acceptors (Lipinski definition) is 4. The Morgan fingerprint density at radius 1 is 1.29 bits per heavy atom. The van der Waals surface area contributed by atoms with Crippen molar-refractivity contribution in [2.45, 2.75) is 31.8 Å². The number of hydroxylamine groups is 2. The molecule has 0 aromatic heterocycles. The van der Waals surface area contributed by atoms with Gasteiger partial charge in [0.2, 0.25) is 5.91 Å². The third-order valence-corrected chi connectivity index (χ3v) is 4.28. The molecule has 2 saturated heterocycles. The van der Waals surface area contributed by atoms with Gasteiger partial charge in [0.15, 0.2) is 0 Å². The predicted octanol–water partition coefficient (Wildman–Crippen LogP) is 1.40. The Hall–Kier alpha value is -2.59. The lowest BCUT2D eigenvalue weighted by molar-refractivity contribution is -0.141. The van der Waals surface area contributed by atoms with E-state index in [2.05, 4.69) is 11.4 Å². The fraction of sp³-hybridized carbons (Fsp3) is 0.471. The Labute approximate surface area is 140 Å². The van der Waals surface area contributed by atoms with E-state index in [4.69, 9.17) is 10.1 Å². The van der Waals surface area contributed by atoms with Crippen molar-refractivity contribution in [1.82, 2.24) is 15.3 Å². The van der Waals surface area contributed by atoms with E-state index in [1.165, 1.54) is 5.06 Å². The average molecular weight is 328 g/mol.